The molecule has 0 unspecified atom stereocenters. The molecule has 4 N–H and O–H groups in total. The van der Waals surface area contributed by atoms with Crippen LogP contribution in [0.3, 0.4) is 0 Å². The summed E-state index contributed by atoms with van der Waals surface area (Å²) >= 11 is 0. The third-order valence-electron chi connectivity index (χ3n) is 4.30. The summed E-state index contributed by atoms with van der Waals surface area (Å²) < 4.78 is 10.4. The van der Waals surface area contributed by atoms with Crippen LogP contribution in [0.15, 0.2) is 48.5 Å². The van der Waals surface area contributed by atoms with Crippen LogP contribution in [0, 0.1) is 0 Å². The number of nitrogens with one attached hydrogen (secondary N) is 2. The van der Waals surface area contributed by atoms with Gasteiger partial charge in [0.25, 0.3) is 5.91 Å². The molecule has 3 rings (SSSR count). The highest BCUT2D eigenvalue weighted by Gasteiger charge is 2.21. The van der Waals surface area contributed by atoms with Crippen molar-refractivity contribution in [3.8, 4) is 5.75 Å². The van der Waals surface area contributed by atoms with Gasteiger partial charge in [-0.05, 0) is 25.1 Å². The Kier molecular flexibility index (Phi) is 6.29. The van der Waals surface area contributed by atoms with Crippen molar-refractivity contribution in [2.75, 3.05) is 25.6 Å². The average molecular weight is 382 g/mol. The van der Waals surface area contributed by atoms with Crippen molar-refractivity contribution >= 4 is 28.5 Å². The van der Waals surface area contributed by atoms with E-state index in [-0.39, 0.29) is 24.8 Å². The maximum atomic E-state index is 12.5. The smallest absolute Gasteiger partial charge is 0.356 e. The number of aromatic nitrogens is 1. The number of hydrogen-bond acceptors (Lipinski definition) is 4. The molecular formula is C21H24N3O4+. The van der Waals surface area contributed by atoms with Crippen molar-refractivity contribution in [2.24, 2.45) is 0 Å². The lowest BCUT2D eigenvalue weighted by Gasteiger charge is -2.07. The molecule has 0 saturated carbocycles. The van der Waals surface area contributed by atoms with Gasteiger partial charge in [0.1, 0.15) is 18.0 Å². The van der Waals surface area contributed by atoms with Crippen molar-refractivity contribution in [2.45, 2.75) is 13.5 Å². The normalized spacial score (nSPS) is 10.6. The van der Waals surface area contributed by atoms with Crippen molar-refractivity contribution in [3.63, 3.8) is 0 Å². The summed E-state index contributed by atoms with van der Waals surface area (Å²) in [5, 5.41) is 5.45. The number of amides is 1. The number of esters is 1. The number of methoxy groups -OCH3 is 1. The number of aromatic amines is 1. The summed E-state index contributed by atoms with van der Waals surface area (Å²) in [6.07, 6.45) is 0. The van der Waals surface area contributed by atoms with Gasteiger partial charge in [-0.3, -0.25) is 4.79 Å². The molecule has 0 bridgehead atoms. The van der Waals surface area contributed by atoms with E-state index in [1.807, 2.05) is 35.6 Å². The van der Waals surface area contributed by atoms with Crippen LogP contribution in [0.4, 0.5) is 5.69 Å². The lowest BCUT2D eigenvalue weighted by Crippen LogP contribution is -2.84. The number of carbonyl (C=O) groups is 2. The first-order valence-electron chi connectivity index (χ1n) is 9.14. The number of anilines is 1. The summed E-state index contributed by atoms with van der Waals surface area (Å²) in [5.74, 6) is -0.0838. The second-order valence-electron chi connectivity index (χ2n) is 6.24. The Morgan fingerprint density at radius 2 is 1.93 bits per heavy atom. The van der Waals surface area contributed by atoms with Crippen LogP contribution in [0.1, 0.15) is 23.0 Å². The highest BCUT2D eigenvalue weighted by atomic mass is 16.5. The monoisotopic (exact) mass is 382 g/mol. The Morgan fingerprint density at radius 1 is 1.14 bits per heavy atom. The van der Waals surface area contributed by atoms with Gasteiger partial charge < -0.3 is 25.1 Å². The van der Waals surface area contributed by atoms with Gasteiger partial charge in [0.05, 0.1) is 19.4 Å². The first-order valence-corrected chi connectivity index (χ1v) is 9.14. The second-order valence-corrected chi connectivity index (χ2v) is 6.24. The van der Waals surface area contributed by atoms with Gasteiger partial charge >= 0.3 is 5.97 Å². The quantitative estimate of drug-likeness (QED) is 0.520. The number of fused-ring (bicyclic) bond motifs is 1. The fourth-order valence-electron chi connectivity index (χ4n) is 2.96. The molecule has 28 heavy (non-hydrogen) atoms. The predicted octanol–water partition coefficient (Wildman–Crippen LogP) is 2.06. The number of ether oxygens (including phenoxy) is 2. The van der Waals surface area contributed by atoms with Crippen LogP contribution in [0.25, 0.3) is 10.9 Å². The van der Waals surface area contributed by atoms with Crippen molar-refractivity contribution in [1.29, 1.82) is 0 Å². The minimum Gasteiger partial charge on any atom is -0.497 e. The van der Waals surface area contributed by atoms with Crippen LogP contribution in [0.5, 0.6) is 5.75 Å². The van der Waals surface area contributed by atoms with E-state index in [4.69, 9.17) is 9.47 Å². The summed E-state index contributed by atoms with van der Waals surface area (Å²) in [6, 6.07) is 15.3. The van der Waals surface area contributed by atoms with E-state index in [0.717, 1.165) is 5.56 Å². The van der Waals surface area contributed by atoms with E-state index >= 15 is 0 Å². The number of benzene rings is 2. The van der Waals surface area contributed by atoms with Gasteiger partial charge in [0.15, 0.2) is 6.54 Å². The zero-order valence-corrected chi connectivity index (χ0v) is 16.0. The third kappa shape index (κ3) is 4.50. The summed E-state index contributed by atoms with van der Waals surface area (Å²) in [6.45, 7) is 2.91. The molecule has 0 radical (unpaired) electrons. The van der Waals surface area contributed by atoms with Gasteiger partial charge in [-0.1, -0.05) is 30.3 Å². The van der Waals surface area contributed by atoms with E-state index in [9.17, 15) is 9.59 Å². The largest absolute Gasteiger partial charge is 0.497 e. The van der Waals surface area contributed by atoms with Gasteiger partial charge in [0.2, 0.25) is 0 Å². The maximum Gasteiger partial charge on any atom is 0.356 e. The Hall–Kier alpha value is -3.32. The number of carbonyl (C=O) groups excluding carboxylic acids is 2. The number of H-pyrrole nitrogens is 1. The fourth-order valence-corrected chi connectivity index (χ4v) is 2.96. The molecule has 146 valence electrons. The van der Waals surface area contributed by atoms with Crippen LogP contribution >= 0.6 is 0 Å². The molecule has 7 heteroatoms. The predicted molar refractivity (Wildman–Crippen MR) is 106 cm³/mol. The van der Waals surface area contributed by atoms with Crippen molar-refractivity contribution in [1.82, 2.24) is 4.98 Å². The number of hydrogen-bond donors (Lipinski definition) is 3. The summed E-state index contributed by atoms with van der Waals surface area (Å²) in [4.78, 5) is 27.9. The van der Waals surface area contributed by atoms with Crippen molar-refractivity contribution < 1.29 is 24.4 Å². The van der Waals surface area contributed by atoms with Gasteiger partial charge in [-0.15, -0.1) is 0 Å². The molecule has 1 amide bonds. The standard InChI is InChI=1S/C21H23N3O4/c1-3-28-21(26)20-19(16-11-15(27-2)9-10-17(16)23-20)24-18(25)13-22-12-14-7-5-4-6-8-14/h4-11,22-23H,3,12-13H2,1-2H3,(H,24,25)/p+1. The van der Waals surface area contributed by atoms with Crippen molar-refractivity contribution in [3.05, 3.63) is 59.8 Å². The molecule has 7 nitrogen and oxygen atoms in total. The van der Waals surface area contributed by atoms with Gasteiger partial charge in [-0.2, -0.15) is 0 Å². The zero-order chi connectivity index (χ0) is 19.9. The number of quaternary nitrogens is 1. The summed E-state index contributed by atoms with van der Waals surface area (Å²) in [5.41, 5.74) is 2.48. The second kappa shape index (κ2) is 9.05. The molecule has 3 aromatic rings. The molecule has 0 aliphatic heterocycles. The number of rotatable bonds is 8. The minimum atomic E-state index is -0.513. The lowest BCUT2D eigenvalue weighted by atomic mass is 10.2. The van der Waals surface area contributed by atoms with E-state index in [1.165, 1.54) is 0 Å². The van der Waals surface area contributed by atoms with E-state index in [1.54, 1.807) is 32.2 Å². The molecule has 0 spiro atoms. The molecule has 0 fully saturated rings. The Balaban J connectivity index is 1.78. The first-order chi connectivity index (χ1) is 13.6. The van der Waals surface area contributed by atoms with Crippen LogP contribution in [0.2, 0.25) is 0 Å². The average Bonchev–Trinajstić information content (AvgIpc) is 3.06. The molecule has 1 heterocycles. The Morgan fingerprint density at radius 3 is 2.64 bits per heavy atom. The minimum absolute atomic E-state index is 0.204. The molecule has 0 saturated heterocycles. The molecule has 1 aromatic heterocycles. The number of nitrogens with two attached hydrogens (primary N) is 1. The van der Waals surface area contributed by atoms with E-state index in [2.05, 4.69) is 10.3 Å². The molecule has 0 atom stereocenters. The maximum absolute atomic E-state index is 12.5. The van der Waals surface area contributed by atoms with Crippen LogP contribution < -0.4 is 15.4 Å². The molecule has 0 aliphatic rings. The molecule has 0 aliphatic carbocycles. The van der Waals surface area contributed by atoms with Gasteiger partial charge in [0, 0.05) is 16.5 Å². The SMILES string of the molecule is CCOC(=O)c1[nH]c2ccc(OC)cc2c1NC(=O)C[NH2+]Cc1ccccc1. The topological polar surface area (TPSA) is 97.0 Å². The molecule has 2 aromatic carbocycles. The molecular weight excluding hydrogens is 358 g/mol. The highest BCUT2D eigenvalue weighted by molar-refractivity contribution is 6.11. The zero-order valence-electron chi connectivity index (χ0n) is 16.0. The van der Waals surface area contributed by atoms with Crippen LogP contribution in [-0.4, -0.2) is 37.1 Å². The van der Waals surface area contributed by atoms with Gasteiger partial charge in [-0.25, -0.2) is 4.79 Å². The Labute approximate surface area is 163 Å². The summed E-state index contributed by atoms with van der Waals surface area (Å²) in [7, 11) is 1.57. The Bertz CT molecular complexity index is 966. The van der Waals surface area contributed by atoms with Crippen LogP contribution in [-0.2, 0) is 16.1 Å². The lowest BCUT2D eigenvalue weighted by molar-refractivity contribution is -0.659. The third-order valence-corrected chi connectivity index (χ3v) is 4.30. The van der Waals surface area contributed by atoms with E-state index in [0.29, 0.717) is 28.9 Å². The first kappa shape index (κ1) is 19.4. The van der Waals surface area contributed by atoms with E-state index < -0.39 is 5.97 Å². The fraction of sp³-hybridized carbons (Fsp3) is 0.238. The highest BCUT2D eigenvalue weighted by Crippen LogP contribution is 2.31.